The standard InChI is InChI=1S/C9H4ClF2NO2/c1-13-8(14)3-2-4(10)6(11)7(12)5(3)9(13)15/h2H,1H3. The first-order chi connectivity index (χ1) is 6.95. The molecule has 2 rings (SSSR count). The van der Waals surface area contributed by atoms with Crippen LogP contribution in [0.1, 0.15) is 20.7 Å². The molecule has 0 aromatic heterocycles. The molecule has 15 heavy (non-hydrogen) atoms. The molecule has 0 unspecified atom stereocenters. The normalized spacial score (nSPS) is 14.8. The Labute approximate surface area is 88.2 Å². The first kappa shape index (κ1) is 10.0. The molecule has 0 fully saturated rings. The SMILES string of the molecule is CN1C(=O)c2cc(Cl)c(F)c(F)c2C1=O. The van der Waals surface area contributed by atoms with Gasteiger partial charge in [-0.3, -0.25) is 14.5 Å². The van der Waals surface area contributed by atoms with Gasteiger partial charge < -0.3 is 0 Å². The molecule has 0 saturated carbocycles. The number of hydrogen-bond donors (Lipinski definition) is 0. The van der Waals surface area contributed by atoms with Gasteiger partial charge in [-0.15, -0.1) is 0 Å². The van der Waals surface area contributed by atoms with Gasteiger partial charge in [0.25, 0.3) is 11.8 Å². The molecule has 1 aromatic rings. The van der Waals surface area contributed by atoms with E-state index in [4.69, 9.17) is 11.6 Å². The van der Waals surface area contributed by atoms with Gasteiger partial charge in [0.15, 0.2) is 11.6 Å². The molecule has 0 N–H and O–H groups in total. The van der Waals surface area contributed by atoms with E-state index in [-0.39, 0.29) is 5.56 Å². The van der Waals surface area contributed by atoms with Crippen LogP contribution in [0.15, 0.2) is 6.07 Å². The molecule has 1 aliphatic rings. The van der Waals surface area contributed by atoms with Crippen LogP contribution in [-0.2, 0) is 0 Å². The Balaban J connectivity index is 2.81. The molecule has 0 atom stereocenters. The maximum atomic E-state index is 13.3. The Morgan fingerprint density at radius 1 is 1.20 bits per heavy atom. The van der Waals surface area contributed by atoms with Crippen molar-refractivity contribution in [2.24, 2.45) is 0 Å². The number of carbonyl (C=O) groups is 2. The van der Waals surface area contributed by atoms with E-state index in [9.17, 15) is 18.4 Å². The molecule has 6 heteroatoms. The Morgan fingerprint density at radius 2 is 1.80 bits per heavy atom. The molecule has 0 saturated heterocycles. The highest BCUT2D eigenvalue weighted by Crippen LogP contribution is 2.30. The maximum Gasteiger partial charge on any atom is 0.264 e. The first-order valence-corrected chi connectivity index (χ1v) is 4.32. The van der Waals surface area contributed by atoms with Crippen LogP contribution in [0.2, 0.25) is 5.02 Å². The summed E-state index contributed by atoms with van der Waals surface area (Å²) in [5, 5.41) is -0.511. The number of halogens is 3. The summed E-state index contributed by atoms with van der Waals surface area (Å²) in [6.45, 7) is 0. The molecular weight excluding hydrogens is 228 g/mol. The van der Waals surface area contributed by atoms with Crippen LogP contribution in [0.5, 0.6) is 0 Å². The van der Waals surface area contributed by atoms with Crippen LogP contribution in [0.3, 0.4) is 0 Å². The van der Waals surface area contributed by atoms with E-state index in [0.717, 1.165) is 6.07 Å². The van der Waals surface area contributed by atoms with Crippen LogP contribution < -0.4 is 0 Å². The maximum absolute atomic E-state index is 13.3. The lowest BCUT2D eigenvalue weighted by Gasteiger charge is -2.02. The fourth-order valence-electron chi connectivity index (χ4n) is 1.41. The molecule has 0 aliphatic carbocycles. The predicted molar refractivity (Wildman–Crippen MR) is 47.8 cm³/mol. The highest BCUT2D eigenvalue weighted by Gasteiger charge is 2.37. The largest absolute Gasteiger partial charge is 0.277 e. The second kappa shape index (κ2) is 3.00. The number of carbonyl (C=O) groups excluding carboxylic acids is 2. The van der Waals surface area contributed by atoms with E-state index in [0.29, 0.717) is 4.90 Å². The third-order valence-electron chi connectivity index (χ3n) is 2.22. The zero-order valence-electron chi connectivity index (χ0n) is 7.47. The van der Waals surface area contributed by atoms with Gasteiger partial charge in [0.05, 0.1) is 16.1 Å². The first-order valence-electron chi connectivity index (χ1n) is 3.95. The highest BCUT2D eigenvalue weighted by atomic mass is 35.5. The van der Waals surface area contributed by atoms with Crippen molar-refractivity contribution < 1.29 is 18.4 Å². The van der Waals surface area contributed by atoms with E-state index in [1.54, 1.807) is 0 Å². The number of imide groups is 1. The van der Waals surface area contributed by atoms with Crippen molar-refractivity contribution in [2.45, 2.75) is 0 Å². The average molecular weight is 232 g/mol. The van der Waals surface area contributed by atoms with Crippen LogP contribution in [0.25, 0.3) is 0 Å². The minimum atomic E-state index is -1.37. The monoisotopic (exact) mass is 231 g/mol. The quantitative estimate of drug-likeness (QED) is 0.505. The molecule has 3 nitrogen and oxygen atoms in total. The summed E-state index contributed by atoms with van der Waals surface area (Å²) in [4.78, 5) is 23.4. The zero-order chi connectivity index (χ0) is 11.3. The van der Waals surface area contributed by atoms with Gasteiger partial charge in [-0.1, -0.05) is 11.6 Å². The van der Waals surface area contributed by atoms with Crippen LogP contribution in [0, 0.1) is 11.6 Å². The van der Waals surface area contributed by atoms with E-state index < -0.39 is 34.0 Å². The lowest BCUT2D eigenvalue weighted by Crippen LogP contribution is -2.24. The third-order valence-corrected chi connectivity index (χ3v) is 2.49. The molecule has 1 heterocycles. The highest BCUT2D eigenvalue weighted by molar-refractivity contribution is 6.32. The van der Waals surface area contributed by atoms with E-state index in [2.05, 4.69) is 0 Å². The third kappa shape index (κ3) is 1.16. The minimum absolute atomic E-state index is 0.202. The van der Waals surface area contributed by atoms with E-state index in [1.807, 2.05) is 0 Å². The van der Waals surface area contributed by atoms with E-state index >= 15 is 0 Å². The van der Waals surface area contributed by atoms with Gasteiger partial charge in [-0.25, -0.2) is 8.78 Å². The van der Waals surface area contributed by atoms with Gasteiger partial charge in [0, 0.05) is 7.05 Å². The Morgan fingerprint density at radius 3 is 2.40 bits per heavy atom. The smallest absolute Gasteiger partial charge is 0.264 e. The van der Waals surface area contributed by atoms with Gasteiger partial charge in [0.1, 0.15) is 0 Å². The van der Waals surface area contributed by atoms with Crippen molar-refractivity contribution in [3.05, 3.63) is 33.9 Å². The van der Waals surface area contributed by atoms with Crippen LogP contribution in [-0.4, -0.2) is 23.8 Å². The zero-order valence-corrected chi connectivity index (χ0v) is 8.23. The number of rotatable bonds is 0. The predicted octanol–water partition coefficient (Wildman–Crippen LogP) is 1.84. The average Bonchev–Trinajstić information content (AvgIpc) is 2.40. The molecular formula is C9H4ClF2NO2. The number of amides is 2. The molecule has 78 valence electrons. The summed E-state index contributed by atoms with van der Waals surface area (Å²) in [6.07, 6.45) is 0. The molecule has 0 radical (unpaired) electrons. The second-order valence-corrected chi connectivity index (χ2v) is 3.49. The molecule has 1 aliphatic heterocycles. The van der Waals surface area contributed by atoms with Crippen molar-refractivity contribution in [1.29, 1.82) is 0 Å². The fourth-order valence-corrected chi connectivity index (χ4v) is 1.61. The Bertz CT molecular complexity index is 501. The Hall–Kier alpha value is -1.49. The summed E-state index contributed by atoms with van der Waals surface area (Å²) in [5.74, 6) is -4.23. The summed E-state index contributed by atoms with van der Waals surface area (Å²) < 4.78 is 26.3. The van der Waals surface area contributed by atoms with Crippen molar-refractivity contribution in [1.82, 2.24) is 4.90 Å². The van der Waals surface area contributed by atoms with Crippen molar-refractivity contribution >= 4 is 23.4 Å². The number of benzene rings is 1. The summed E-state index contributed by atoms with van der Waals surface area (Å²) in [5.41, 5.74) is -0.754. The minimum Gasteiger partial charge on any atom is -0.277 e. The van der Waals surface area contributed by atoms with Gasteiger partial charge in [-0.2, -0.15) is 0 Å². The molecule has 0 bridgehead atoms. The van der Waals surface area contributed by atoms with Crippen molar-refractivity contribution in [2.75, 3.05) is 7.05 Å². The number of hydrogen-bond acceptors (Lipinski definition) is 2. The van der Waals surface area contributed by atoms with Crippen LogP contribution in [0.4, 0.5) is 8.78 Å². The Kier molecular flexibility index (Phi) is 2.01. The van der Waals surface area contributed by atoms with Crippen LogP contribution >= 0.6 is 11.6 Å². The lowest BCUT2D eigenvalue weighted by atomic mass is 10.1. The second-order valence-electron chi connectivity index (χ2n) is 3.08. The molecule has 0 spiro atoms. The summed E-state index contributed by atoms with van der Waals surface area (Å²) >= 11 is 5.36. The molecule has 2 amide bonds. The summed E-state index contributed by atoms with van der Waals surface area (Å²) in [6, 6.07) is 0.957. The van der Waals surface area contributed by atoms with Gasteiger partial charge >= 0.3 is 0 Å². The number of fused-ring (bicyclic) bond motifs is 1. The topological polar surface area (TPSA) is 37.4 Å². The van der Waals surface area contributed by atoms with Gasteiger partial charge in [-0.05, 0) is 6.07 Å². The van der Waals surface area contributed by atoms with Gasteiger partial charge in [0.2, 0.25) is 0 Å². The lowest BCUT2D eigenvalue weighted by molar-refractivity contribution is 0.0691. The fraction of sp³-hybridized carbons (Fsp3) is 0.111. The summed E-state index contributed by atoms with van der Waals surface area (Å²) in [7, 11) is 1.19. The number of nitrogens with zero attached hydrogens (tertiary/aromatic N) is 1. The van der Waals surface area contributed by atoms with Crippen molar-refractivity contribution in [3.8, 4) is 0 Å². The molecule has 1 aromatic carbocycles. The van der Waals surface area contributed by atoms with Crippen molar-refractivity contribution in [3.63, 3.8) is 0 Å². The van der Waals surface area contributed by atoms with E-state index in [1.165, 1.54) is 7.05 Å².